The predicted molar refractivity (Wildman–Crippen MR) is 82.2 cm³/mol. The standard InChI is InChI=1S/C15H18N4O2/c1-9-7-10(2)19(15(21)17-9)8-14(20)18-13-6-4-5-12(16)11(13)3/h4-7H,8,16H2,1-3H3,(H,18,20). The van der Waals surface area contributed by atoms with E-state index in [1.807, 2.05) is 6.92 Å². The largest absolute Gasteiger partial charge is 0.398 e. The number of rotatable bonds is 3. The first kappa shape index (κ1) is 14.8. The summed E-state index contributed by atoms with van der Waals surface area (Å²) in [6.45, 7) is 5.27. The molecule has 0 radical (unpaired) electrons. The maximum Gasteiger partial charge on any atom is 0.348 e. The summed E-state index contributed by atoms with van der Waals surface area (Å²) in [6, 6.07) is 7.07. The Morgan fingerprint density at radius 3 is 2.71 bits per heavy atom. The minimum Gasteiger partial charge on any atom is -0.398 e. The zero-order valence-electron chi connectivity index (χ0n) is 12.3. The lowest BCUT2D eigenvalue weighted by molar-refractivity contribution is -0.116. The van der Waals surface area contributed by atoms with Crippen LogP contribution in [0.15, 0.2) is 29.1 Å². The van der Waals surface area contributed by atoms with Crippen LogP contribution >= 0.6 is 0 Å². The second-order valence-electron chi connectivity index (χ2n) is 4.98. The molecule has 110 valence electrons. The molecule has 6 heteroatoms. The molecule has 0 aliphatic heterocycles. The van der Waals surface area contributed by atoms with Crippen LogP contribution in [0, 0.1) is 20.8 Å². The highest BCUT2D eigenvalue weighted by atomic mass is 16.2. The van der Waals surface area contributed by atoms with E-state index in [0.717, 1.165) is 5.56 Å². The summed E-state index contributed by atoms with van der Waals surface area (Å²) in [7, 11) is 0. The van der Waals surface area contributed by atoms with Crippen LogP contribution in [0.4, 0.5) is 11.4 Å². The van der Waals surface area contributed by atoms with E-state index in [-0.39, 0.29) is 12.5 Å². The van der Waals surface area contributed by atoms with Gasteiger partial charge in [-0.25, -0.2) is 4.79 Å². The van der Waals surface area contributed by atoms with Gasteiger partial charge in [0.15, 0.2) is 0 Å². The van der Waals surface area contributed by atoms with Gasteiger partial charge in [-0.15, -0.1) is 0 Å². The Morgan fingerprint density at radius 1 is 1.33 bits per heavy atom. The van der Waals surface area contributed by atoms with Gasteiger partial charge in [0.2, 0.25) is 5.91 Å². The molecule has 0 atom stereocenters. The van der Waals surface area contributed by atoms with E-state index in [4.69, 9.17) is 5.73 Å². The van der Waals surface area contributed by atoms with Crippen LogP contribution in [0.1, 0.15) is 17.0 Å². The van der Waals surface area contributed by atoms with E-state index < -0.39 is 5.69 Å². The van der Waals surface area contributed by atoms with Crippen LogP contribution in [0.5, 0.6) is 0 Å². The highest BCUT2D eigenvalue weighted by Gasteiger charge is 2.10. The van der Waals surface area contributed by atoms with Crippen molar-refractivity contribution in [3.05, 3.63) is 51.7 Å². The fraction of sp³-hybridized carbons (Fsp3) is 0.267. The summed E-state index contributed by atoms with van der Waals surface area (Å²) in [5.74, 6) is -0.292. The summed E-state index contributed by atoms with van der Waals surface area (Å²) in [4.78, 5) is 27.8. The van der Waals surface area contributed by atoms with Gasteiger partial charge < -0.3 is 11.1 Å². The van der Waals surface area contributed by atoms with Crippen LogP contribution in [0.25, 0.3) is 0 Å². The lowest BCUT2D eigenvalue weighted by atomic mass is 10.1. The van der Waals surface area contributed by atoms with E-state index in [1.165, 1.54) is 4.57 Å². The Bertz CT molecular complexity index is 750. The number of hydrogen-bond acceptors (Lipinski definition) is 4. The number of aromatic nitrogens is 2. The highest BCUT2D eigenvalue weighted by Crippen LogP contribution is 2.20. The average Bonchev–Trinajstić information content (AvgIpc) is 2.39. The summed E-state index contributed by atoms with van der Waals surface area (Å²) in [6.07, 6.45) is 0. The lowest BCUT2D eigenvalue weighted by Gasteiger charge is -2.12. The fourth-order valence-electron chi connectivity index (χ4n) is 2.09. The number of carbonyl (C=O) groups is 1. The van der Waals surface area contributed by atoms with Crippen LogP contribution in [0.3, 0.4) is 0 Å². The summed E-state index contributed by atoms with van der Waals surface area (Å²) < 4.78 is 1.34. The van der Waals surface area contributed by atoms with E-state index in [2.05, 4.69) is 10.3 Å². The predicted octanol–water partition coefficient (Wildman–Crippen LogP) is 1.39. The minimum atomic E-state index is -0.424. The molecule has 1 heterocycles. The smallest absolute Gasteiger partial charge is 0.348 e. The molecule has 0 saturated heterocycles. The van der Waals surface area contributed by atoms with Gasteiger partial charge in [0.05, 0.1) is 0 Å². The summed E-state index contributed by atoms with van der Waals surface area (Å²) in [5.41, 5.74) is 8.77. The van der Waals surface area contributed by atoms with Crippen molar-refractivity contribution in [1.29, 1.82) is 0 Å². The van der Waals surface area contributed by atoms with Crippen molar-refractivity contribution >= 4 is 17.3 Å². The van der Waals surface area contributed by atoms with E-state index >= 15 is 0 Å². The Hall–Kier alpha value is -2.63. The number of nitrogen functional groups attached to an aromatic ring is 1. The van der Waals surface area contributed by atoms with Crippen LogP contribution in [0.2, 0.25) is 0 Å². The van der Waals surface area contributed by atoms with Crippen molar-refractivity contribution in [2.45, 2.75) is 27.3 Å². The first-order valence-electron chi connectivity index (χ1n) is 6.58. The third kappa shape index (κ3) is 3.28. The first-order chi connectivity index (χ1) is 9.88. The second-order valence-corrected chi connectivity index (χ2v) is 4.98. The molecule has 2 aromatic rings. The zero-order valence-corrected chi connectivity index (χ0v) is 12.3. The van der Waals surface area contributed by atoms with Crippen molar-refractivity contribution in [3.8, 4) is 0 Å². The van der Waals surface area contributed by atoms with Crippen molar-refractivity contribution in [1.82, 2.24) is 9.55 Å². The normalized spacial score (nSPS) is 10.4. The Labute approximate surface area is 122 Å². The minimum absolute atomic E-state index is 0.0772. The summed E-state index contributed by atoms with van der Waals surface area (Å²) in [5, 5.41) is 2.76. The van der Waals surface area contributed by atoms with Gasteiger partial charge in [-0.05, 0) is 44.5 Å². The molecule has 1 aromatic carbocycles. The maximum atomic E-state index is 12.1. The molecule has 21 heavy (non-hydrogen) atoms. The molecule has 0 bridgehead atoms. The monoisotopic (exact) mass is 286 g/mol. The Morgan fingerprint density at radius 2 is 2.05 bits per heavy atom. The first-order valence-corrected chi connectivity index (χ1v) is 6.58. The molecule has 1 aromatic heterocycles. The molecule has 0 saturated carbocycles. The third-order valence-electron chi connectivity index (χ3n) is 3.30. The molecule has 0 aliphatic carbocycles. The van der Waals surface area contributed by atoms with Gasteiger partial charge in [0, 0.05) is 22.8 Å². The topological polar surface area (TPSA) is 90.0 Å². The van der Waals surface area contributed by atoms with E-state index in [0.29, 0.717) is 22.8 Å². The molecule has 1 amide bonds. The second kappa shape index (κ2) is 5.78. The molecule has 0 unspecified atom stereocenters. The number of anilines is 2. The number of benzene rings is 1. The highest BCUT2D eigenvalue weighted by molar-refractivity contribution is 5.92. The number of nitrogens with zero attached hydrogens (tertiary/aromatic N) is 2. The van der Waals surface area contributed by atoms with E-state index in [9.17, 15) is 9.59 Å². The molecule has 0 spiro atoms. The number of nitrogens with two attached hydrogens (primary N) is 1. The van der Waals surface area contributed by atoms with Gasteiger partial charge >= 0.3 is 5.69 Å². The van der Waals surface area contributed by atoms with Crippen molar-refractivity contribution < 1.29 is 4.79 Å². The molecular formula is C15H18N4O2. The van der Waals surface area contributed by atoms with Crippen molar-refractivity contribution in [2.75, 3.05) is 11.1 Å². The SMILES string of the molecule is Cc1cc(C)n(CC(=O)Nc2cccc(N)c2C)c(=O)n1. The summed E-state index contributed by atoms with van der Waals surface area (Å²) >= 11 is 0. The maximum absolute atomic E-state index is 12.1. The van der Waals surface area contributed by atoms with Crippen molar-refractivity contribution in [3.63, 3.8) is 0 Å². The van der Waals surface area contributed by atoms with Crippen LogP contribution < -0.4 is 16.7 Å². The van der Waals surface area contributed by atoms with E-state index in [1.54, 1.807) is 38.1 Å². The number of carbonyl (C=O) groups excluding carboxylic acids is 1. The fourth-order valence-corrected chi connectivity index (χ4v) is 2.09. The number of hydrogen-bond donors (Lipinski definition) is 2. The number of nitrogens with one attached hydrogen (secondary N) is 1. The van der Waals surface area contributed by atoms with Gasteiger partial charge in [-0.1, -0.05) is 6.07 Å². The van der Waals surface area contributed by atoms with Gasteiger partial charge in [-0.3, -0.25) is 9.36 Å². The number of aryl methyl sites for hydroxylation is 2. The molecule has 2 rings (SSSR count). The lowest BCUT2D eigenvalue weighted by Crippen LogP contribution is -2.31. The Balaban J connectivity index is 2.20. The van der Waals surface area contributed by atoms with Crippen LogP contribution in [-0.2, 0) is 11.3 Å². The molecule has 6 nitrogen and oxygen atoms in total. The molecule has 0 aliphatic rings. The van der Waals surface area contributed by atoms with Crippen LogP contribution in [-0.4, -0.2) is 15.5 Å². The third-order valence-corrected chi connectivity index (χ3v) is 3.30. The molecule has 3 N–H and O–H groups in total. The van der Waals surface area contributed by atoms with Gasteiger partial charge in [0.25, 0.3) is 0 Å². The molecular weight excluding hydrogens is 268 g/mol. The van der Waals surface area contributed by atoms with Crippen molar-refractivity contribution in [2.24, 2.45) is 0 Å². The zero-order chi connectivity index (χ0) is 15.6. The Kier molecular flexibility index (Phi) is 4.07. The average molecular weight is 286 g/mol. The molecule has 0 fully saturated rings. The number of amides is 1. The van der Waals surface area contributed by atoms with Gasteiger partial charge in [-0.2, -0.15) is 4.98 Å². The quantitative estimate of drug-likeness (QED) is 0.834. The van der Waals surface area contributed by atoms with Gasteiger partial charge in [0.1, 0.15) is 6.54 Å².